The van der Waals surface area contributed by atoms with Gasteiger partial charge in [0.05, 0.1) is 18.6 Å². The van der Waals surface area contributed by atoms with E-state index in [-0.39, 0.29) is 23.8 Å². The Morgan fingerprint density at radius 3 is 2.70 bits per heavy atom. The Morgan fingerprint density at radius 2 is 1.87 bits per heavy atom. The van der Waals surface area contributed by atoms with Crippen LogP contribution in [-0.4, -0.2) is 23.6 Å². The summed E-state index contributed by atoms with van der Waals surface area (Å²) in [4.78, 5) is 23.8. The Balaban J connectivity index is 1.69. The summed E-state index contributed by atoms with van der Waals surface area (Å²) in [5.74, 6) is -0.541. The number of hydrogen-bond donors (Lipinski definition) is 2. The lowest BCUT2D eigenvalue weighted by atomic mass is 9.81. The Morgan fingerprint density at radius 1 is 1.09 bits per heavy atom. The molecule has 3 rings (SSSR count). The van der Waals surface area contributed by atoms with E-state index in [4.69, 9.17) is 4.74 Å². The fraction of sp³-hybridized carbons (Fsp3) is 0.556. The molecule has 0 spiro atoms. The van der Waals surface area contributed by atoms with Crippen LogP contribution in [0, 0.1) is 11.8 Å². The number of rotatable bonds is 3. The number of amides is 1. The van der Waals surface area contributed by atoms with Crippen molar-refractivity contribution in [3.05, 3.63) is 29.8 Å². The molecule has 1 aromatic rings. The summed E-state index contributed by atoms with van der Waals surface area (Å²) in [6.45, 7) is 0.661. The molecule has 1 saturated carbocycles. The standard InChI is InChI=1S/C18H23NO4/c20-17(12-5-3-6-13(11-12)18(21)22)19-15-8-4-10-23-16-9-2-1-7-14(15)16/h1-2,7,9,12-13,15H,3-6,8,10-11H2,(H,19,20)(H,21,22). The highest BCUT2D eigenvalue weighted by Crippen LogP contribution is 2.33. The number of carboxylic acids is 1. The minimum absolute atomic E-state index is 0.0161. The first-order valence-corrected chi connectivity index (χ1v) is 8.40. The van der Waals surface area contributed by atoms with E-state index in [2.05, 4.69) is 5.32 Å². The van der Waals surface area contributed by atoms with Crippen LogP contribution in [0.25, 0.3) is 0 Å². The van der Waals surface area contributed by atoms with Crippen molar-refractivity contribution in [2.45, 2.75) is 44.6 Å². The lowest BCUT2D eigenvalue weighted by Crippen LogP contribution is -2.37. The van der Waals surface area contributed by atoms with Gasteiger partial charge in [-0.3, -0.25) is 9.59 Å². The van der Waals surface area contributed by atoms with Gasteiger partial charge in [0.25, 0.3) is 0 Å². The number of aliphatic carboxylic acids is 1. The highest BCUT2D eigenvalue weighted by Gasteiger charge is 2.32. The van der Waals surface area contributed by atoms with E-state index in [1.807, 2.05) is 24.3 Å². The van der Waals surface area contributed by atoms with Crippen LogP contribution >= 0.6 is 0 Å². The molecule has 124 valence electrons. The van der Waals surface area contributed by atoms with Crippen molar-refractivity contribution < 1.29 is 19.4 Å². The number of para-hydroxylation sites is 1. The highest BCUT2D eigenvalue weighted by molar-refractivity contribution is 5.80. The van der Waals surface area contributed by atoms with E-state index >= 15 is 0 Å². The topological polar surface area (TPSA) is 75.6 Å². The predicted molar refractivity (Wildman–Crippen MR) is 85.1 cm³/mol. The summed E-state index contributed by atoms with van der Waals surface area (Å²) in [7, 11) is 0. The third-order valence-electron chi connectivity index (χ3n) is 4.90. The molecule has 1 aliphatic carbocycles. The number of hydrogen-bond acceptors (Lipinski definition) is 3. The van der Waals surface area contributed by atoms with Crippen LogP contribution < -0.4 is 10.1 Å². The zero-order chi connectivity index (χ0) is 16.2. The fourth-order valence-electron chi connectivity index (χ4n) is 3.62. The Labute approximate surface area is 136 Å². The SMILES string of the molecule is O=C(O)C1CCCC(C(=O)NC2CCCOc3ccccc32)C1. The molecule has 1 heterocycles. The second-order valence-electron chi connectivity index (χ2n) is 6.49. The predicted octanol–water partition coefficient (Wildman–Crippen LogP) is 2.91. The quantitative estimate of drug-likeness (QED) is 0.899. The van der Waals surface area contributed by atoms with E-state index in [0.29, 0.717) is 19.4 Å². The maximum Gasteiger partial charge on any atom is 0.306 e. The number of fused-ring (bicyclic) bond motifs is 1. The van der Waals surface area contributed by atoms with E-state index in [9.17, 15) is 14.7 Å². The first kappa shape index (κ1) is 15.8. The molecule has 23 heavy (non-hydrogen) atoms. The molecule has 0 saturated heterocycles. The number of carboxylic acid groups (broad SMARTS) is 1. The number of carbonyl (C=O) groups excluding carboxylic acids is 1. The summed E-state index contributed by atoms with van der Waals surface area (Å²) >= 11 is 0. The van der Waals surface area contributed by atoms with Gasteiger partial charge in [-0.25, -0.2) is 0 Å². The number of carbonyl (C=O) groups is 2. The highest BCUT2D eigenvalue weighted by atomic mass is 16.5. The van der Waals surface area contributed by atoms with Gasteiger partial charge in [0.15, 0.2) is 0 Å². The molecule has 5 heteroatoms. The molecule has 2 N–H and O–H groups in total. The van der Waals surface area contributed by atoms with Gasteiger partial charge in [-0.15, -0.1) is 0 Å². The van der Waals surface area contributed by atoms with Gasteiger partial charge in [-0.05, 0) is 38.2 Å². The summed E-state index contributed by atoms with van der Waals surface area (Å²) in [5, 5.41) is 12.3. The molecule has 5 nitrogen and oxygen atoms in total. The molecular weight excluding hydrogens is 294 g/mol. The third-order valence-corrected chi connectivity index (χ3v) is 4.90. The van der Waals surface area contributed by atoms with Gasteiger partial charge in [0, 0.05) is 11.5 Å². The Hall–Kier alpha value is -2.04. The van der Waals surface area contributed by atoms with Crippen molar-refractivity contribution in [1.82, 2.24) is 5.32 Å². The molecule has 1 aromatic carbocycles. The Bertz CT molecular complexity index is 586. The van der Waals surface area contributed by atoms with Crippen molar-refractivity contribution in [2.75, 3.05) is 6.61 Å². The summed E-state index contributed by atoms with van der Waals surface area (Å²) in [6, 6.07) is 7.76. The van der Waals surface area contributed by atoms with Crippen molar-refractivity contribution in [1.29, 1.82) is 0 Å². The third kappa shape index (κ3) is 3.66. The first-order chi connectivity index (χ1) is 11.1. The lowest BCUT2D eigenvalue weighted by molar-refractivity contribution is -0.144. The van der Waals surface area contributed by atoms with Crippen LogP contribution in [-0.2, 0) is 9.59 Å². The second-order valence-corrected chi connectivity index (χ2v) is 6.49. The molecule has 2 aliphatic rings. The van der Waals surface area contributed by atoms with Crippen molar-refractivity contribution in [3.63, 3.8) is 0 Å². The summed E-state index contributed by atoms with van der Waals surface area (Å²) in [6.07, 6.45) is 4.45. The van der Waals surface area contributed by atoms with Gasteiger partial charge in [-0.1, -0.05) is 24.6 Å². The minimum atomic E-state index is -0.782. The molecule has 3 unspecified atom stereocenters. The maximum absolute atomic E-state index is 12.6. The van der Waals surface area contributed by atoms with Gasteiger partial charge >= 0.3 is 5.97 Å². The zero-order valence-corrected chi connectivity index (χ0v) is 13.2. The summed E-state index contributed by atoms with van der Waals surface area (Å²) < 4.78 is 5.73. The van der Waals surface area contributed by atoms with Gasteiger partial charge in [0.1, 0.15) is 5.75 Å². The maximum atomic E-state index is 12.6. The Kier molecular flexibility index (Phi) is 4.84. The molecule has 1 amide bonds. The average Bonchev–Trinajstić information content (AvgIpc) is 2.77. The van der Waals surface area contributed by atoms with Crippen LogP contribution in [0.5, 0.6) is 5.75 Å². The molecule has 0 bridgehead atoms. The van der Waals surface area contributed by atoms with Crippen LogP contribution in [0.4, 0.5) is 0 Å². The van der Waals surface area contributed by atoms with Crippen LogP contribution in [0.3, 0.4) is 0 Å². The zero-order valence-electron chi connectivity index (χ0n) is 13.2. The molecular formula is C18H23NO4. The molecule has 3 atom stereocenters. The van der Waals surface area contributed by atoms with Gasteiger partial charge < -0.3 is 15.2 Å². The smallest absolute Gasteiger partial charge is 0.306 e. The van der Waals surface area contributed by atoms with Crippen LogP contribution in [0.15, 0.2) is 24.3 Å². The van der Waals surface area contributed by atoms with Crippen LogP contribution in [0.2, 0.25) is 0 Å². The van der Waals surface area contributed by atoms with Crippen molar-refractivity contribution >= 4 is 11.9 Å². The second kappa shape index (κ2) is 7.02. The van der Waals surface area contributed by atoms with Gasteiger partial charge in [0.2, 0.25) is 5.91 Å². The normalized spacial score (nSPS) is 27.2. The van der Waals surface area contributed by atoms with E-state index < -0.39 is 5.97 Å². The monoisotopic (exact) mass is 317 g/mol. The van der Waals surface area contributed by atoms with E-state index in [1.165, 1.54) is 0 Å². The molecule has 1 aliphatic heterocycles. The number of benzene rings is 1. The fourth-order valence-corrected chi connectivity index (χ4v) is 3.62. The van der Waals surface area contributed by atoms with E-state index in [0.717, 1.165) is 37.0 Å². The molecule has 0 radical (unpaired) electrons. The first-order valence-electron chi connectivity index (χ1n) is 8.40. The summed E-state index contributed by atoms with van der Waals surface area (Å²) in [5.41, 5.74) is 1.02. The van der Waals surface area contributed by atoms with Crippen LogP contribution in [0.1, 0.15) is 50.1 Å². The lowest BCUT2D eigenvalue weighted by Gasteiger charge is -2.28. The molecule has 0 aromatic heterocycles. The minimum Gasteiger partial charge on any atom is -0.493 e. The number of ether oxygens (including phenoxy) is 1. The van der Waals surface area contributed by atoms with Gasteiger partial charge in [-0.2, -0.15) is 0 Å². The molecule has 1 fully saturated rings. The van der Waals surface area contributed by atoms with E-state index in [1.54, 1.807) is 0 Å². The number of nitrogens with one attached hydrogen (secondary N) is 1. The average molecular weight is 317 g/mol. The van der Waals surface area contributed by atoms with Crippen molar-refractivity contribution in [2.24, 2.45) is 11.8 Å². The largest absolute Gasteiger partial charge is 0.493 e. The van der Waals surface area contributed by atoms with Crippen molar-refractivity contribution in [3.8, 4) is 5.75 Å².